The molecule has 1 aliphatic rings. The quantitative estimate of drug-likeness (QED) is 0.598. The van der Waals surface area contributed by atoms with E-state index in [0.29, 0.717) is 6.54 Å². The lowest BCUT2D eigenvalue weighted by molar-refractivity contribution is -0.128. The van der Waals surface area contributed by atoms with Gasteiger partial charge in [0.1, 0.15) is 0 Å². The van der Waals surface area contributed by atoms with Crippen LogP contribution in [0.4, 0.5) is 0 Å². The maximum atomic E-state index is 11.0. The Labute approximate surface area is 60.7 Å². The second kappa shape index (κ2) is 3.25. The van der Waals surface area contributed by atoms with E-state index in [1.165, 1.54) is 0 Å². The zero-order valence-corrected chi connectivity index (χ0v) is 6.13. The lowest BCUT2D eigenvalue weighted by atomic mass is 10.4. The maximum absolute atomic E-state index is 11.0. The van der Waals surface area contributed by atoms with Crippen LogP contribution in [0.3, 0.4) is 0 Å². The van der Waals surface area contributed by atoms with Crippen molar-refractivity contribution in [3.05, 3.63) is 12.4 Å². The summed E-state index contributed by atoms with van der Waals surface area (Å²) >= 11 is 0. The first kappa shape index (κ1) is 7.12. The first-order chi connectivity index (χ1) is 4.84. The van der Waals surface area contributed by atoms with Gasteiger partial charge in [0.05, 0.1) is 6.54 Å². The van der Waals surface area contributed by atoms with E-state index in [9.17, 15) is 4.79 Å². The van der Waals surface area contributed by atoms with Crippen molar-refractivity contribution in [1.29, 1.82) is 0 Å². The van der Waals surface area contributed by atoms with E-state index in [0.717, 1.165) is 13.0 Å². The number of nitrogens with one attached hydrogen (secondary N) is 1. The zero-order chi connectivity index (χ0) is 7.40. The summed E-state index contributed by atoms with van der Waals surface area (Å²) in [6.07, 6.45) is 4.60. The van der Waals surface area contributed by atoms with Gasteiger partial charge in [-0.15, -0.1) is 0 Å². The van der Waals surface area contributed by atoms with Crippen LogP contribution >= 0.6 is 0 Å². The van der Waals surface area contributed by atoms with Crippen LogP contribution in [0.5, 0.6) is 0 Å². The molecule has 1 aliphatic heterocycles. The molecule has 1 amide bonds. The Hall–Kier alpha value is -0.990. The summed E-state index contributed by atoms with van der Waals surface area (Å²) in [4.78, 5) is 12.7. The average molecular weight is 140 g/mol. The van der Waals surface area contributed by atoms with Crippen LogP contribution in [0.25, 0.3) is 0 Å². The Kier molecular flexibility index (Phi) is 2.31. The minimum atomic E-state index is 0.157. The number of hydrogen-bond donors (Lipinski definition) is 1. The molecule has 0 unspecified atom stereocenters. The summed E-state index contributed by atoms with van der Waals surface area (Å²) < 4.78 is 0. The number of carbonyl (C=O) groups is 1. The SMILES string of the molecule is CCCN1C=CNCC1=O. The molecule has 10 heavy (non-hydrogen) atoms. The summed E-state index contributed by atoms with van der Waals surface area (Å²) in [5.74, 6) is 0.157. The van der Waals surface area contributed by atoms with E-state index in [1.54, 1.807) is 17.3 Å². The van der Waals surface area contributed by atoms with Crippen molar-refractivity contribution >= 4 is 5.91 Å². The lowest BCUT2D eigenvalue weighted by Crippen LogP contribution is -2.37. The van der Waals surface area contributed by atoms with E-state index < -0.39 is 0 Å². The molecule has 1 N–H and O–H groups in total. The minimum absolute atomic E-state index is 0.157. The molecule has 1 heterocycles. The highest BCUT2D eigenvalue weighted by atomic mass is 16.2. The monoisotopic (exact) mass is 140 g/mol. The van der Waals surface area contributed by atoms with E-state index in [1.807, 2.05) is 0 Å². The Morgan fingerprint density at radius 2 is 2.60 bits per heavy atom. The smallest absolute Gasteiger partial charge is 0.245 e. The molecule has 0 saturated carbocycles. The number of amides is 1. The molecule has 0 aromatic heterocycles. The van der Waals surface area contributed by atoms with Gasteiger partial charge in [-0.25, -0.2) is 0 Å². The van der Waals surface area contributed by atoms with Crippen LogP contribution in [0.2, 0.25) is 0 Å². The average Bonchev–Trinajstić information content (AvgIpc) is 1.94. The third-order valence-corrected chi connectivity index (χ3v) is 1.41. The maximum Gasteiger partial charge on any atom is 0.245 e. The van der Waals surface area contributed by atoms with Gasteiger partial charge in [0.25, 0.3) is 0 Å². The van der Waals surface area contributed by atoms with Crippen molar-refractivity contribution in [2.75, 3.05) is 13.1 Å². The van der Waals surface area contributed by atoms with E-state index in [2.05, 4.69) is 12.2 Å². The van der Waals surface area contributed by atoms with Crippen LogP contribution < -0.4 is 5.32 Å². The Morgan fingerprint density at radius 3 is 3.20 bits per heavy atom. The fraction of sp³-hybridized carbons (Fsp3) is 0.571. The predicted molar refractivity (Wildman–Crippen MR) is 39.1 cm³/mol. The van der Waals surface area contributed by atoms with Gasteiger partial charge in [0.2, 0.25) is 5.91 Å². The summed E-state index contributed by atoms with van der Waals surface area (Å²) in [6, 6.07) is 0. The fourth-order valence-electron chi connectivity index (χ4n) is 0.914. The van der Waals surface area contributed by atoms with Crippen molar-refractivity contribution in [3.63, 3.8) is 0 Å². The highest BCUT2D eigenvalue weighted by molar-refractivity contribution is 5.80. The third kappa shape index (κ3) is 1.50. The summed E-state index contributed by atoms with van der Waals surface area (Å²) in [5.41, 5.74) is 0. The Morgan fingerprint density at radius 1 is 1.80 bits per heavy atom. The standard InChI is InChI=1S/C7H12N2O/c1-2-4-9-5-3-8-6-7(9)10/h3,5,8H,2,4,6H2,1H3. The van der Waals surface area contributed by atoms with Gasteiger partial charge in [0.15, 0.2) is 0 Å². The van der Waals surface area contributed by atoms with Gasteiger partial charge in [-0.1, -0.05) is 6.92 Å². The number of hydrogen-bond acceptors (Lipinski definition) is 2. The van der Waals surface area contributed by atoms with Gasteiger partial charge < -0.3 is 10.2 Å². The normalized spacial score (nSPS) is 17.3. The fourth-order valence-corrected chi connectivity index (χ4v) is 0.914. The number of rotatable bonds is 2. The van der Waals surface area contributed by atoms with Crippen molar-refractivity contribution in [3.8, 4) is 0 Å². The van der Waals surface area contributed by atoms with Crippen LogP contribution in [-0.2, 0) is 4.79 Å². The predicted octanol–water partition coefficient (Wildman–Crippen LogP) is 0.299. The molecular weight excluding hydrogens is 128 g/mol. The first-order valence-corrected chi connectivity index (χ1v) is 3.54. The first-order valence-electron chi connectivity index (χ1n) is 3.54. The van der Waals surface area contributed by atoms with Crippen molar-refractivity contribution in [2.45, 2.75) is 13.3 Å². The van der Waals surface area contributed by atoms with Crippen molar-refractivity contribution in [1.82, 2.24) is 10.2 Å². The molecule has 3 nitrogen and oxygen atoms in total. The van der Waals surface area contributed by atoms with Crippen LogP contribution in [0.15, 0.2) is 12.4 Å². The molecule has 56 valence electrons. The van der Waals surface area contributed by atoms with Gasteiger partial charge in [-0.2, -0.15) is 0 Å². The zero-order valence-electron chi connectivity index (χ0n) is 6.13. The summed E-state index contributed by atoms with van der Waals surface area (Å²) in [7, 11) is 0. The third-order valence-electron chi connectivity index (χ3n) is 1.41. The molecule has 0 radical (unpaired) electrons. The highest BCUT2D eigenvalue weighted by Crippen LogP contribution is 1.96. The van der Waals surface area contributed by atoms with E-state index >= 15 is 0 Å². The van der Waals surface area contributed by atoms with E-state index in [4.69, 9.17) is 0 Å². The molecule has 0 bridgehead atoms. The molecule has 0 aromatic rings. The molecule has 1 rings (SSSR count). The summed E-state index contributed by atoms with van der Waals surface area (Å²) in [5, 5.41) is 2.85. The van der Waals surface area contributed by atoms with Crippen LogP contribution in [0.1, 0.15) is 13.3 Å². The highest BCUT2D eigenvalue weighted by Gasteiger charge is 2.10. The number of nitrogens with zero attached hydrogens (tertiary/aromatic N) is 1. The molecule has 0 fully saturated rings. The molecule has 0 spiro atoms. The van der Waals surface area contributed by atoms with Crippen LogP contribution in [-0.4, -0.2) is 23.9 Å². The van der Waals surface area contributed by atoms with Gasteiger partial charge in [-0.05, 0) is 6.42 Å². The second-order valence-electron chi connectivity index (χ2n) is 2.28. The van der Waals surface area contributed by atoms with Crippen molar-refractivity contribution in [2.24, 2.45) is 0 Å². The molecular formula is C7H12N2O. The van der Waals surface area contributed by atoms with E-state index in [-0.39, 0.29) is 5.91 Å². The van der Waals surface area contributed by atoms with Gasteiger partial charge in [0, 0.05) is 18.9 Å². The second-order valence-corrected chi connectivity index (χ2v) is 2.28. The largest absolute Gasteiger partial charge is 0.381 e. The van der Waals surface area contributed by atoms with Gasteiger partial charge in [-0.3, -0.25) is 4.79 Å². The topological polar surface area (TPSA) is 32.3 Å². The molecule has 0 atom stereocenters. The van der Waals surface area contributed by atoms with Gasteiger partial charge >= 0.3 is 0 Å². The number of carbonyl (C=O) groups excluding carboxylic acids is 1. The Bertz CT molecular complexity index is 154. The lowest BCUT2D eigenvalue weighted by Gasteiger charge is -2.20. The molecule has 3 heteroatoms. The van der Waals surface area contributed by atoms with Crippen molar-refractivity contribution < 1.29 is 4.79 Å². The molecule has 0 saturated heterocycles. The summed E-state index contributed by atoms with van der Waals surface area (Å²) in [6.45, 7) is 3.33. The minimum Gasteiger partial charge on any atom is -0.381 e. The molecule has 0 aliphatic carbocycles. The Balaban J connectivity index is 2.47. The van der Waals surface area contributed by atoms with Crippen LogP contribution in [0, 0.1) is 0 Å². The molecule has 0 aromatic carbocycles.